The van der Waals surface area contributed by atoms with E-state index >= 15 is 0 Å². The highest BCUT2D eigenvalue weighted by atomic mass is 79.9. The summed E-state index contributed by atoms with van der Waals surface area (Å²) >= 11 is 3.53. The summed E-state index contributed by atoms with van der Waals surface area (Å²) in [6.45, 7) is 2.24. The SMILES string of the molecule is N=C(N)c1c(Br)cccc1N(CC1CC1)CC1CC1. The Balaban J connectivity index is 1.90. The molecule has 0 aliphatic heterocycles. The fourth-order valence-corrected chi connectivity index (χ4v) is 3.11. The van der Waals surface area contributed by atoms with Crippen LogP contribution in [0.3, 0.4) is 0 Å². The zero-order valence-corrected chi connectivity index (χ0v) is 12.6. The van der Waals surface area contributed by atoms with Crippen molar-refractivity contribution >= 4 is 27.5 Å². The molecule has 0 saturated heterocycles. The molecule has 4 heteroatoms. The molecular formula is C15H20BrN3. The Kier molecular flexibility index (Phi) is 3.52. The predicted octanol–water partition coefficient (Wildman–Crippen LogP) is 3.36. The summed E-state index contributed by atoms with van der Waals surface area (Å²) in [5, 5.41) is 7.83. The van der Waals surface area contributed by atoms with E-state index in [1.807, 2.05) is 12.1 Å². The standard InChI is InChI=1S/C15H20BrN3/c16-12-2-1-3-13(14(12)15(17)18)19(8-10-4-5-10)9-11-6-7-11/h1-3,10-11H,4-9H2,(H3,17,18). The third-order valence-corrected chi connectivity index (χ3v) is 4.61. The van der Waals surface area contributed by atoms with Gasteiger partial charge in [0, 0.05) is 23.2 Å². The van der Waals surface area contributed by atoms with Gasteiger partial charge in [0.15, 0.2) is 0 Å². The lowest BCUT2D eigenvalue weighted by Crippen LogP contribution is -2.30. The van der Waals surface area contributed by atoms with Crippen molar-refractivity contribution in [2.45, 2.75) is 25.7 Å². The summed E-state index contributed by atoms with van der Waals surface area (Å²) in [6.07, 6.45) is 5.41. The largest absolute Gasteiger partial charge is 0.384 e. The van der Waals surface area contributed by atoms with Crippen molar-refractivity contribution in [2.24, 2.45) is 17.6 Å². The molecule has 0 atom stereocenters. The topological polar surface area (TPSA) is 53.1 Å². The Morgan fingerprint density at radius 3 is 2.26 bits per heavy atom. The van der Waals surface area contributed by atoms with Crippen molar-refractivity contribution in [2.75, 3.05) is 18.0 Å². The number of anilines is 1. The second-order valence-corrected chi connectivity index (χ2v) is 6.69. The van der Waals surface area contributed by atoms with Crippen LogP contribution in [0.2, 0.25) is 0 Å². The van der Waals surface area contributed by atoms with E-state index in [1.165, 1.54) is 25.7 Å². The monoisotopic (exact) mass is 321 g/mol. The molecule has 3 nitrogen and oxygen atoms in total. The second kappa shape index (κ2) is 5.16. The van der Waals surface area contributed by atoms with Gasteiger partial charge in [-0.2, -0.15) is 0 Å². The molecule has 1 aromatic rings. The van der Waals surface area contributed by atoms with Gasteiger partial charge in [0.25, 0.3) is 0 Å². The first-order chi connectivity index (χ1) is 9.15. The van der Waals surface area contributed by atoms with E-state index in [1.54, 1.807) is 0 Å². The molecule has 2 saturated carbocycles. The molecular weight excluding hydrogens is 302 g/mol. The smallest absolute Gasteiger partial charge is 0.126 e. The van der Waals surface area contributed by atoms with Gasteiger partial charge in [-0.3, -0.25) is 5.41 Å². The van der Waals surface area contributed by atoms with Crippen LogP contribution in [0.25, 0.3) is 0 Å². The Labute approximate surface area is 122 Å². The molecule has 1 aromatic carbocycles. The van der Waals surface area contributed by atoms with E-state index in [0.717, 1.165) is 40.6 Å². The lowest BCUT2D eigenvalue weighted by Gasteiger charge is -2.27. The number of rotatable bonds is 6. The zero-order valence-electron chi connectivity index (χ0n) is 11.0. The van der Waals surface area contributed by atoms with Crippen LogP contribution in [-0.4, -0.2) is 18.9 Å². The van der Waals surface area contributed by atoms with E-state index < -0.39 is 0 Å². The van der Waals surface area contributed by atoms with E-state index in [4.69, 9.17) is 11.1 Å². The summed E-state index contributed by atoms with van der Waals surface area (Å²) < 4.78 is 0.925. The Bertz CT molecular complexity index is 478. The van der Waals surface area contributed by atoms with Crippen molar-refractivity contribution in [3.05, 3.63) is 28.2 Å². The molecule has 3 N–H and O–H groups in total. The quantitative estimate of drug-likeness (QED) is 0.623. The molecule has 2 aliphatic rings. The predicted molar refractivity (Wildman–Crippen MR) is 82.8 cm³/mol. The maximum Gasteiger partial charge on any atom is 0.126 e. The average molecular weight is 322 g/mol. The van der Waals surface area contributed by atoms with E-state index in [-0.39, 0.29) is 5.84 Å². The molecule has 0 unspecified atom stereocenters. The first-order valence-corrected chi connectivity index (χ1v) is 7.82. The van der Waals surface area contributed by atoms with Gasteiger partial charge in [-0.25, -0.2) is 0 Å². The number of hydrogen-bond acceptors (Lipinski definition) is 2. The third-order valence-electron chi connectivity index (χ3n) is 3.95. The zero-order chi connectivity index (χ0) is 13.4. The van der Waals surface area contributed by atoms with Crippen LogP contribution in [0.4, 0.5) is 5.69 Å². The van der Waals surface area contributed by atoms with Gasteiger partial charge in [0.05, 0.1) is 5.56 Å². The van der Waals surface area contributed by atoms with Gasteiger partial charge in [-0.05, 0) is 65.6 Å². The molecule has 19 heavy (non-hydrogen) atoms. The minimum atomic E-state index is 0.152. The lowest BCUT2D eigenvalue weighted by atomic mass is 10.1. The molecule has 0 spiro atoms. The van der Waals surface area contributed by atoms with Crippen LogP contribution in [-0.2, 0) is 0 Å². The Hall–Kier alpha value is -1.03. The van der Waals surface area contributed by atoms with Crippen LogP contribution in [0.5, 0.6) is 0 Å². The summed E-state index contributed by atoms with van der Waals surface area (Å²) in [5.41, 5.74) is 7.75. The maximum atomic E-state index is 7.83. The van der Waals surface area contributed by atoms with Crippen molar-refractivity contribution in [1.29, 1.82) is 5.41 Å². The number of benzene rings is 1. The molecule has 2 fully saturated rings. The van der Waals surface area contributed by atoms with Crippen molar-refractivity contribution in [1.82, 2.24) is 0 Å². The van der Waals surface area contributed by atoms with E-state index in [0.29, 0.717) is 0 Å². The first-order valence-electron chi connectivity index (χ1n) is 7.03. The summed E-state index contributed by atoms with van der Waals surface area (Å²) in [4.78, 5) is 2.46. The number of nitrogens with one attached hydrogen (secondary N) is 1. The number of halogens is 1. The molecule has 0 heterocycles. The van der Waals surface area contributed by atoms with E-state index in [9.17, 15) is 0 Å². The van der Waals surface area contributed by atoms with Crippen LogP contribution in [0.15, 0.2) is 22.7 Å². The normalized spacial score (nSPS) is 18.4. The van der Waals surface area contributed by atoms with Gasteiger partial charge in [0.2, 0.25) is 0 Å². The van der Waals surface area contributed by atoms with Gasteiger partial charge in [-0.15, -0.1) is 0 Å². The molecule has 0 amide bonds. The fraction of sp³-hybridized carbons (Fsp3) is 0.533. The maximum absolute atomic E-state index is 7.83. The molecule has 0 radical (unpaired) electrons. The molecule has 0 aromatic heterocycles. The number of amidine groups is 1. The Morgan fingerprint density at radius 1 is 1.21 bits per heavy atom. The Morgan fingerprint density at radius 2 is 1.79 bits per heavy atom. The van der Waals surface area contributed by atoms with Gasteiger partial charge in [-0.1, -0.05) is 6.07 Å². The van der Waals surface area contributed by atoms with E-state index in [2.05, 4.69) is 26.9 Å². The number of nitrogen functional groups attached to an aromatic ring is 1. The van der Waals surface area contributed by atoms with Crippen LogP contribution in [0.1, 0.15) is 31.2 Å². The molecule has 0 bridgehead atoms. The van der Waals surface area contributed by atoms with Crippen LogP contribution >= 0.6 is 15.9 Å². The summed E-state index contributed by atoms with van der Waals surface area (Å²) in [7, 11) is 0. The molecule has 102 valence electrons. The minimum Gasteiger partial charge on any atom is -0.384 e. The fourth-order valence-electron chi connectivity index (χ4n) is 2.54. The van der Waals surface area contributed by atoms with Crippen molar-refractivity contribution < 1.29 is 0 Å². The highest BCUT2D eigenvalue weighted by Crippen LogP contribution is 2.37. The number of nitrogens with zero attached hydrogens (tertiary/aromatic N) is 1. The highest BCUT2D eigenvalue weighted by molar-refractivity contribution is 9.10. The number of nitrogens with two attached hydrogens (primary N) is 1. The molecule has 3 rings (SSSR count). The average Bonchev–Trinajstić information content (AvgIpc) is 3.22. The first kappa shape index (κ1) is 13.0. The van der Waals surface area contributed by atoms with Gasteiger partial charge in [0.1, 0.15) is 5.84 Å². The summed E-state index contributed by atoms with van der Waals surface area (Å²) in [5.74, 6) is 1.84. The third kappa shape index (κ3) is 3.11. The van der Waals surface area contributed by atoms with Gasteiger partial charge < -0.3 is 10.6 Å². The summed E-state index contributed by atoms with van der Waals surface area (Å²) in [6, 6.07) is 6.11. The lowest BCUT2D eigenvalue weighted by molar-refractivity contribution is 0.679. The highest BCUT2D eigenvalue weighted by Gasteiger charge is 2.30. The van der Waals surface area contributed by atoms with Gasteiger partial charge >= 0.3 is 0 Å². The minimum absolute atomic E-state index is 0.152. The van der Waals surface area contributed by atoms with Crippen LogP contribution in [0, 0.1) is 17.2 Å². The van der Waals surface area contributed by atoms with Crippen molar-refractivity contribution in [3.8, 4) is 0 Å². The second-order valence-electron chi connectivity index (χ2n) is 5.84. The van der Waals surface area contributed by atoms with Crippen LogP contribution < -0.4 is 10.6 Å². The number of hydrogen-bond donors (Lipinski definition) is 2. The molecule has 2 aliphatic carbocycles. The van der Waals surface area contributed by atoms with Crippen molar-refractivity contribution in [3.63, 3.8) is 0 Å².